The highest BCUT2D eigenvalue weighted by atomic mass is 16.6. The van der Waals surface area contributed by atoms with Gasteiger partial charge in [0.1, 0.15) is 11.9 Å². The summed E-state index contributed by atoms with van der Waals surface area (Å²) in [5.41, 5.74) is 3.05. The van der Waals surface area contributed by atoms with Gasteiger partial charge < -0.3 is 9.47 Å². The number of rotatable bonds is 6. The van der Waals surface area contributed by atoms with Crippen LogP contribution < -0.4 is 4.74 Å². The van der Waals surface area contributed by atoms with Crippen LogP contribution in [0.5, 0.6) is 5.75 Å². The van der Waals surface area contributed by atoms with Gasteiger partial charge in [0.2, 0.25) is 0 Å². The number of methoxy groups -OCH3 is 1. The highest BCUT2D eigenvalue weighted by Gasteiger charge is 2.37. The fraction of sp³-hybridized carbons (Fsp3) is 0.471. The van der Waals surface area contributed by atoms with Crippen molar-refractivity contribution in [2.45, 2.75) is 45.6 Å². The predicted octanol–water partition coefficient (Wildman–Crippen LogP) is 3.97. The lowest BCUT2D eigenvalue weighted by atomic mass is 9.88. The van der Waals surface area contributed by atoms with E-state index in [2.05, 4.69) is 6.92 Å². The van der Waals surface area contributed by atoms with E-state index in [9.17, 15) is 4.79 Å². The van der Waals surface area contributed by atoms with Crippen molar-refractivity contribution in [2.75, 3.05) is 7.11 Å². The number of hydrogen-bond donors (Lipinski definition) is 0. The maximum atomic E-state index is 11.8. The second-order valence-corrected chi connectivity index (χ2v) is 5.03. The summed E-state index contributed by atoms with van der Waals surface area (Å²) in [6.07, 6.45) is 3.87. The van der Waals surface area contributed by atoms with E-state index in [0.717, 1.165) is 48.1 Å². The topological polar surface area (TPSA) is 35.5 Å². The number of cyclic esters (lactones) is 1. The monoisotopic (exact) mass is 274 g/mol. The van der Waals surface area contributed by atoms with Gasteiger partial charge in [-0.3, -0.25) is 0 Å². The smallest absolute Gasteiger partial charge is 0.338 e. The lowest BCUT2D eigenvalue weighted by Gasteiger charge is -2.31. The summed E-state index contributed by atoms with van der Waals surface area (Å²) in [4.78, 5) is 11.8. The largest absolute Gasteiger partial charge is 0.497 e. The van der Waals surface area contributed by atoms with Gasteiger partial charge in [-0.05, 0) is 42.5 Å². The van der Waals surface area contributed by atoms with Crippen LogP contribution in [0.2, 0.25) is 0 Å². The lowest BCUT2D eigenvalue weighted by Crippen LogP contribution is -2.37. The molecule has 0 N–H and O–H groups in total. The van der Waals surface area contributed by atoms with Crippen LogP contribution in [0.25, 0.3) is 5.57 Å². The molecule has 0 aliphatic carbocycles. The third-order valence-corrected chi connectivity index (χ3v) is 3.69. The first-order valence-corrected chi connectivity index (χ1v) is 7.29. The Balaban J connectivity index is 2.41. The van der Waals surface area contributed by atoms with Gasteiger partial charge in [-0.1, -0.05) is 32.4 Å². The van der Waals surface area contributed by atoms with Gasteiger partial charge >= 0.3 is 5.97 Å². The maximum absolute atomic E-state index is 11.8. The Bertz CT molecular complexity index is 517. The molecule has 1 heterocycles. The molecule has 0 aromatic heterocycles. The maximum Gasteiger partial charge on any atom is 0.338 e. The quantitative estimate of drug-likeness (QED) is 0.581. The fourth-order valence-electron chi connectivity index (χ4n) is 2.53. The second-order valence-electron chi connectivity index (χ2n) is 5.03. The molecule has 0 bridgehead atoms. The van der Waals surface area contributed by atoms with Gasteiger partial charge in [0.25, 0.3) is 0 Å². The average molecular weight is 274 g/mol. The third kappa shape index (κ3) is 2.87. The van der Waals surface area contributed by atoms with Crippen molar-refractivity contribution in [1.29, 1.82) is 0 Å². The minimum Gasteiger partial charge on any atom is -0.497 e. The van der Waals surface area contributed by atoms with Crippen LogP contribution >= 0.6 is 0 Å². The summed E-state index contributed by atoms with van der Waals surface area (Å²) in [6, 6.07) is 7.92. The molecule has 2 rings (SSSR count). The van der Waals surface area contributed by atoms with Crippen molar-refractivity contribution in [3.63, 3.8) is 0 Å². The van der Waals surface area contributed by atoms with Crippen molar-refractivity contribution in [3.05, 3.63) is 35.4 Å². The van der Waals surface area contributed by atoms with Crippen LogP contribution in [0.15, 0.2) is 29.8 Å². The van der Waals surface area contributed by atoms with Crippen LogP contribution in [-0.2, 0) is 9.53 Å². The van der Waals surface area contributed by atoms with Gasteiger partial charge in [-0.25, -0.2) is 4.79 Å². The van der Waals surface area contributed by atoms with Crippen molar-refractivity contribution in [2.24, 2.45) is 0 Å². The predicted molar refractivity (Wildman–Crippen MR) is 79.6 cm³/mol. The fourth-order valence-corrected chi connectivity index (χ4v) is 2.53. The number of esters is 1. The second kappa shape index (κ2) is 6.60. The Morgan fingerprint density at radius 2 is 2.15 bits per heavy atom. The van der Waals surface area contributed by atoms with E-state index in [-0.39, 0.29) is 12.1 Å². The zero-order valence-electron chi connectivity index (χ0n) is 12.4. The number of ether oxygens (including phenoxy) is 2. The molecule has 108 valence electrons. The number of carbonyl (C=O) groups excluding carboxylic acids is 1. The van der Waals surface area contributed by atoms with Gasteiger partial charge in [-0.2, -0.15) is 0 Å². The third-order valence-electron chi connectivity index (χ3n) is 3.69. The lowest BCUT2D eigenvalue weighted by molar-refractivity contribution is -0.155. The molecule has 1 fully saturated rings. The Hall–Kier alpha value is -1.77. The summed E-state index contributed by atoms with van der Waals surface area (Å²) in [5, 5.41) is 0. The summed E-state index contributed by atoms with van der Waals surface area (Å²) < 4.78 is 10.5. The Labute approximate surface area is 120 Å². The summed E-state index contributed by atoms with van der Waals surface area (Å²) in [6.45, 7) is 4.20. The first-order chi connectivity index (χ1) is 9.71. The van der Waals surface area contributed by atoms with Crippen LogP contribution in [-0.4, -0.2) is 19.2 Å². The van der Waals surface area contributed by atoms with Crippen LogP contribution in [0.3, 0.4) is 0 Å². The SMILES string of the molecule is CCCC/C(=C1/C(=O)O[C@H]1CC)c1cccc(OC)c1. The number of hydrogen-bond acceptors (Lipinski definition) is 3. The molecule has 3 nitrogen and oxygen atoms in total. The standard InChI is InChI=1S/C17H22O3/c1-4-6-10-14(16-15(5-2)20-17(16)18)12-8-7-9-13(11-12)19-3/h7-9,11,15H,4-6,10H2,1-3H3/b16-14-/t15-/m0/s1. The number of unbranched alkanes of at least 4 members (excludes halogenated alkanes) is 1. The van der Waals surface area contributed by atoms with Gasteiger partial charge in [-0.15, -0.1) is 0 Å². The van der Waals surface area contributed by atoms with E-state index < -0.39 is 0 Å². The van der Waals surface area contributed by atoms with Gasteiger partial charge in [0, 0.05) is 0 Å². The highest BCUT2D eigenvalue weighted by molar-refractivity contribution is 6.03. The molecular formula is C17H22O3. The Kier molecular flexibility index (Phi) is 4.83. The van der Waals surface area contributed by atoms with E-state index in [1.54, 1.807) is 7.11 Å². The number of allylic oxidation sites excluding steroid dienone is 1. The number of carbonyl (C=O) groups is 1. The highest BCUT2D eigenvalue weighted by Crippen LogP contribution is 2.35. The van der Waals surface area contributed by atoms with E-state index in [1.807, 2.05) is 31.2 Å². The molecule has 1 aliphatic rings. The zero-order chi connectivity index (χ0) is 14.5. The van der Waals surface area contributed by atoms with Crippen LogP contribution in [0, 0.1) is 0 Å². The first kappa shape index (κ1) is 14.6. The molecule has 0 saturated carbocycles. The van der Waals surface area contributed by atoms with E-state index in [1.165, 1.54) is 0 Å². The molecular weight excluding hydrogens is 252 g/mol. The Morgan fingerprint density at radius 3 is 2.75 bits per heavy atom. The van der Waals surface area contributed by atoms with Crippen LogP contribution in [0.1, 0.15) is 45.1 Å². The summed E-state index contributed by atoms with van der Waals surface area (Å²) in [7, 11) is 1.66. The molecule has 3 heteroatoms. The minimum absolute atomic E-state index is 0.0412. The minimum atomic E-state index is -0.161. The van der Waals surface area contributed by atoms with Crippen molar-refractivity contribution >= 4 is 11.5 Å². The molecule has 0 spiro atoms. The van der Waals surface area contributed by atoms with E-state index in [4.69, 9.17) is 9.47 Å². The number of benzene rings is 1. The summed E-state index contributed by atoms with van der Waals surface area (Å²) >= 11 is 0. The van der Waals surface area contributed by atoms with Crippen molar-refractivity contribution in [1.82, 2.24) is 0 Å². The molecule has 0 radical (unpaired) electrons. The molecule has 1 aliphatic heterocycles. The van der Waals surface area contributed by atoms with Gasteiger partial charge in [0.15, 0.2) is 0 Å². The molecule has 0 unspecified atom stereocenters. The summed E-state index contributed by atoms with van der Waals surface area (Å²) in [5.74, 6) is 0.656. The van der Waals surface area contributed by atoms with Crippen molar-refractivity contribution in [3.8, 4) is 5.75 Å². The van der Waals surface area contributed by atoms with Crippen molar-refractivity contribution < 1.29 is 14.3 Å². The molecule has 0 amide bonds. The molecule has 20 heavy (non-hydrogen) atoms. The zero-order valence-corrected chi connectivity index (χ0v) is 12.4. The average Bonchev–Trinajstić information content (AvgIpc) is 2.48. The molecule has 1 atom stereocenters. The molecule has 1 saturated heterocycles. The van der Waals surface area contributed by atoms with Crippen LogP contribution in [0.4, 0.5) is 0 Å². The molecule has 1 aromatic rings. The first-order valence-electron chi connectivity index (χ1n) is 7.29. The Morgan fingerprint density at radius 1 is 1.35 bits per heavy atom. The van der Waals surface area contributed by atoms with Gasteiger partial charge in [0.05, 0.1) is 12.7 Å². The van der Waals surface area contributed by atoms with E-state index >= 15 is 0 Å². The molecule has 1 aromatic carbocycles. The van der Waals surface area contributed by atoms with E-state index in [0.29, 0.717) is 0 Å². The normalized spacial score (nSPS) is 20.1.